The molecular weight excluding hydrogens is 532 g/mol. The standard InChI is InChI=1S/C28H42N6O7/c1-16(2)13-22(26(38)32-21(28(40)41)10-11-24(35)36)34-27(39)23(33-25(37)19(30)8-5-6-12-29)14-17-15-31-20-9-4-3-7-18(17)20/h3-4,7,9,15-16,19,21-23,31H,5-6,8,10-14,29-30H2,1-2H3,(H,32,38)(H,33,37)(H,34,39)(H,35,36)(H,40,41). The molecule has 1 heterocycles. The Bertz CT molecular complexity index is 1200. The van der Waals surface area contributed by atoms with Gasteiger partial charge in [-0.1, -0.05) is 38.5 Å². The molecule has 226 valence electrons. The first-order valence-corrected chi connectivity index (χ1v) is 13.8. The number of aromatic amines is 1. The molecule has 0 saturated heterocycles. The van der Waals surface area contributed by atoms with Crippen molar-refractivity contribution in [2.75, 3.05) is 6.54 Å². The summed E-state index contributed by atoms with van der Waals surface area (Å²) in [7, 11) is 0. The molecule has 2 aromatic rings. The second-order valence-electron chi connectivity index (χ2n) is 10.5. The van der Waals surface area contributed by atoms with Crippen molar-refractivity contribution in [3.8, 4) is 0 Å². The van der Waals surface area contributed by atoms with Gasteiger partial charge in [0.1, 0.15) is 18.1 Å². The molecule has 13 heteroatoms. The van der Waals surface area contributed by atoms with Crippen molar-refractivity contribution in [2.24, 2.45) is 17.4 Å². The van der Waals surface area contributed by atoms with Crippen LogP contribution >= 0.6 is 0 Å². The number of amides is 3. The van der Waals surface area contributed by atoms with Crippen LogP contribution in [-0.2, 0) is 30.4 Å². The number of hydrogen-bond acceptors (Lipinski definition) is 7. The van der Waals surface area contributed by atoms with Gasteiger partial charge in [-0.15, -0.1) is 0 Å². The predicted molar refractivity (Wildman–Crippen MR) is 153 cm³/mol. The topological polar surface area (TPSA) is 230 Å². The first kappa shape index (κ1) is 33.2. The lowest BCUT2D eigenvalue weighted by atomic mass is 10.00. The third-order valence-corrected chi connectivity index (χ3v) is 6.64. The van der Waals surface area contributed by atoms with Crippen molar-refractivity contribution in [3.63, 3.8) is 0 Å². The zero-order chi connectivity index (χ0) is 30.5. The molecule has 4 atom stereocenters. The van der Waals surface area contributed by atoms with Crippen LogP contribution in [0.15, 0.2) is 30.5 Å². The fourth-order valence-corrected chi connectivity index (χ4v) is 4.42. The number of H-pyrrole nitrogens is 1. The van der Waals surface area contributed by atoms with E-state index in [1.54, 1.807) is 6.20 Å². The molecule has 0 aliphatic rings. The number of rotatable bonds is 18. The zero-order valence-corrected chi connectivity index (χ0v) is 23.5. The molecule has 0 aliphatic carbocycles. The number of carbonyl (C=O) groups excluding carboxylic acids is 3. The van der Waals surface area contributed by atoms with Gasteiger partial charge in [-0.05, 0) is 49.8 Å². The molecule has 1 aromatic carbocycles. The number of aliphatic carboxylic acids is 2. The van der Waals surface area contributed by atoms with E-state index in [9.17, 15) is 29.1 Å². The summed E-state index contributed by atoms with van der Waals surface area (Å²) in [5.41, 5.74) is 13.2. The molecule has 0 saturated carbocycles. The largest absolute Gasteiger partial charge is 0.481 e. The molecule has 13 nitrogen and oxygen atoms in total. The lowest BCUT2D eigenvalue weighted by molar-refractivity contribution is -0.143. The average Bonchev–Trinajstić information content (AvgIpc) is 3.32. The molecule has 10 N–H and O–H groups in total. The molecule has 0 fully saturated rings. The van der Waals surface area contributed by atoms with Gasteiger partial charge in [0.25, 0.3) is 0 Å². The summed E-state index contributed by atoms with van der Waals surface area (Å²) in [5.74, 6) is -4.58. The fourth-order valence-electron chi connectivity index (χ4n) is 4.42. The highest BCUT2D eigenvalue weighted by molar-refractivity contribution is 5.95. The smallest absolute Gasteiger partial charge is 0.326 e. The quantitative estimate of drug-likeness (QED) is 0.116. The number of nitrogens with two attached hydrogens (primary N) is 2. The monoisotopic (exact) mass is 574 g/mol. The van der Waals surface area contributed by atoms with E-state index >= 15 is 0 Å². The number of benzene rings is 1. The van der Waals surface area contributed by atoms with Gasteiger partial charge in [0, 0.05) is 29.9 Å². The van der Waals surface area contributed by atoms with E-state index in [0.29, 0.717) is 25.8 Å². The Morgan fingerprint density at radius 3 is 2.15 bits per heavy atom. The fraction of sp³-hybridized carbons (Fsp3) is 0.536. The van der Waals surface area contributed by atoms with Crippen LogP contribution in [-0.4, -0.2) is 75.6 Å². The third kappa shape index (κ3) is 10.8. The molecule has 1 aromatic heterocycles. The summed E-state index contributed by atoms with van der Waals surface area (Å²) in [6.45, 7) is 4.13. The van der Waals surface area contributed by atoms with Crippen molar-refractivity contribution in [2.45, 2.75) is 83.0 Å². The molecular formula is C28H42N6O7. The number of carboxylic acid groups (broad SMARTS) is 2. The summed E-state index contributed by atoms with van der Waals surface area (Å²) in [6.07, 6.45) is 2.98. The summed E-state index contributed by atoms with van der Waals surface area (Å²) in [5, 5.41) is 27.0. The highest BCUT2D eigenvalue weighted by Gasteiger charge is 2.31. The van der Waals surface area contributed by atoms with Crippen LogP contribution in [0.25, 0.3) is 10.9 Å². The molecule has 0 radical (unpaired) electrons. The van der Waals surface area contributed by atoms with E-state index in [4.69, 9.17) is 16.6 Å². The van der Waals surface area contributed by atoms with Gasteiger partial charge < -0.3 is 42.6 Å². The van der Waals surface area contributed by atoms with E-state index in [1.165, 1.54) is 0 Å². The van der Waals surface area contributed by atoms with Crippen LogP contribution in [0.1, 0.15) is 57.9 Å². The van der Waals surface area contributed by atoms with Crippen molar-refractivity contribution in [1.29, 1.82) is 0 Å². The van der Waals surface area contributed by atoms with Crippen molar-refractivity contribution in [1.82, 2.24) is 20.9 Å². The number of hydrogen-bond donors (Lipinski definition) is 8. The van der Waals surface area contributed by atoms with Crippen LogP contribution in [0.4, 0.5) is 0 Å². The first-order chi connectivity index (χ1) is 19.4. The van der Waals surface area contributed by atoms with Crippen LogP contribution in [0.5, 0.6) is 0 Å². The van der Waals surface area contributed by atoms with E-state index < -0.39 is 60.2 Å². The number of unbranched alkanes of at least 4 members (excludes halogenated alkanes) is 1. The summed E-state index contributed by atoms with van der Waals surface area (Å²) >= 11 is 0. The number of aromatic nitrogens is 1. The average molecular weight is 575 g/mol. The van der Waals surface area contributed by atoms with E-state index in [-0.39, 0.29) is 25.2 Å². The highest BCUT2D eigenvalue weighted by Crippen LogP contribution is 2.19. The lowest BCUT2D eigenvalue weighted by Gasteiger charge is -2.26. The maximum Gasteiger partial charge on any atom is 0.326 e. The molecule has 4 unspecified atom stereocenters. The Balaban J connectivity index is 2.27. The van der Waals surface area contributed by atoms with Gasteiger partial charge in [0.2, 0.25) is 17.7 Å². The second-order valence-corrected chi connectivity index (χ2v) is 10.5. The number of carbonyl (C=O) groups is 5. The van der Waals surface area contributed by atoms with E-state index in [0.717, 1.165) is 16.5 Å². The van der Waals surface area contributed by atoms with E-state index in [1.807, 2.05) is 38.1 Å². The predicted octanol–water partition coefficient (Wildman–Crippen LogP) is 0.617. The van der Waals surface area contributed by atoms with Gasteiger partial charge in [0.05, 0.1) is 6.04 Å². The minimum Gasteiger partial charge on any atom is -0.481 e. The Morgan fingerprint density at radius 1 is 0.878 bits per heavy atom. The molecule has 0 bridgehead atoms. The number of fused-ring (bicyclic) bond motifs is 1. The van der Waals surface area contributed by atoms with Crippen LogP contribution in [0.2, 0.25) is 0 Å². The van der Waals surface area contributed by atoms with Gasteiger partial charge in [-0.3, -0.25) is 19.2 Å². The SMILES string of the molecule is CC(C)CC(NC(=O)C(Cc1c[nH]c2ccccc12)NC(=O)C(N)CCCCN)C(=O)NC(CCC(=O)O)C(=O)O. The van der Waals surface area contributed by atoms with Crippen LogP contribution < -0.4 is 27.4 Å². The summed E-state index contributed by atoms with van der Waals surface area (Å²) < 4.78 is 0. The molecule has 0 aliphatic heterocycles. The van der Waals surface area contributed by atoms with E-state index in [2.05, 4.69) is 20.9 Å². The molecule has 0 spiro atoms. The number of nitrogens with one attached hydrogen (secondary N) is 4. The minimum atomic E-state index is -1.45. The summed E-state index contributed by atoms with van der Waals surface area (Å²) in [4.78, 5) is 65.3. The van der Waals surface area contributed by atoms with Crippen LogP contribution in [0.3, 0.4) is 0 Å². The Labute approximate surface area is 238 Å². The third-order valence-electron chi connectivity index (χ3n) is 6.64. The second kappa shape index (κ2) is 16.3. The van der Waals surface area contributed by atoms with Gasteiger partial charge >= 0.3 is 11.9 Å². The van der Waals surface area contributed by atoms with Crippen LogP contribution in [0, 0.1) is 5.92 Å². The van der Waals surface area contributed by atoms with Crippen molar-refractivity contribution < 1.29 is 34.2 Å². The van der Waals surface area contributed by atoms with Crippen molar-refractivity contribution in [3.05, 3.63) is 36.0 Å². The van der Waals surface area contributed by atoms with Gasteiger partial charge in [-0.2, -0.15) is 0 Å². The minimum absolute atomic E-state index is 0.0639. The summed E-state index contributed by atoms with van der Waals surface area (Å²) in [6, 6.07) is 2.96. The molecule has 3 amide bonds. The maximum atomic E-state index is 13.6. The number of carboxylic acids is 2. The Morgan fingerprint density at radius 2 is 1.51 bits per heavy atom. The Hall–Kier alpha value is -3.97. The molecule has 2 rings (SSSR count). The number of para-hydroxylation sites is 1. The maximum absolute atomic E-state index is 13.6. The lowest BCUT2D eigenvalue weighted by Crippen LogP contribution is -2.57. The molecule has 41 heavy (non-hydrogen) atoms. The highest BCUT2D eigenvalue weighted by atomic mass is 16.4. The van der Waals surface area contributed by atoms with Gasteiger partial charge in [0.15, 0.2) is 0 Å². The first-order valence-electron chi connectivity index (χ1n) is 13.8. The normalized spacial score (nSPS) is 14.2. The Kier molecular flexibility index (Phi) is 13.2. The van der Waals surface area contributed by atoms with Crippen molar-refractivity contribution >= 4 is 40.6 Å². The van der Waals surface area contributed by atoms with Gasteiger partial charge in [-0.25, -0.2) is 4.79 Å². The zero-order valence-electron chi connectivity index (χ0n) is 23.5.